The van der Waals surface area contributed by atoms with Crippen molar-refractivity contribution in [3.63, 3.8) is 0 Å². The highest BCUT2D eigenvalue weighted by atomic mass is 35.5. The van der Waals surface area contributed by atoms with Gasteiger partial charge in [0.25, 0.3) is 0 Å². The molecule has 6 nitrogen and oxygen atoms in total. The van der Waals surface area contributed by atoms with Gasteiger partial charge < -0.3 is 9.73 Å². The average molecular weight is 439 g/mol. The summed E-state index contributed by atoms with van der Waals surface area (Å²) in [5.41, 5.74) is 3.70. The number of hydrogen-bond acceptors (Lipinski definition) is 5. The molecular weight excluding hydrogens is 420 g/mol. The van der Waals surface area contributed by atoms with E-state index in [0.717, 1.165) is 16.8 Å². The summed E-state index contributed by atoms with van der Waals surface area (Å²) in [7, 11) is 0. The Hall–Kier alpha value is -3.03. The third kappa shape index (κ3) is 4.27. The number of aryl methyl sites for hydroxylation is 2. The number of amides is 1. The minimum absolute atomic E-state index is 0.159. The highest BCUT2D eigenvalue weighted by Crippen LogP contribution is 2.30. The summed E-state index contributed by atoms with van der Waals surface area (Å²) in [5.74, 6) is 1.17. The molecule has 0 unspecified atom stereocenters. The molecule has 2 heterocycles. The molecule has 0 aliphatic carbocycles. The average Bonchev–Trinajstić information content (AvgIpc) is 3.39. The van der Waals surface area contributed by atoms with Crippen molar-refractivity contribution in [3.8, 4) is 17.3 Å². The Labute approximate surface area is 183 Å². The Morgan fingerprint density at radius 3 is 2.73 bits per heavy atom. The standard InChI is InChI=1S/C22H19ClN4O2S/c1-14-9-10-15(2)18(12-14)27-21(19-8-5-11-29-19)25-26-22(27)30-13-20(28)24-17-7-4-3-6-16(17)23/h3-12H,13H2,1-2H3,(H,24,28). The number of carbonyl (C=O) groups is 1. The number of rotatable bonds is 6. The second-order valence-corrected chi connectivity index (χ2v) is 8.08. The largest absolute Gasteiger partial charge is 0.461 e. The highest BCUT2D eigenvalue weighted by Gasteiger charge is 2.20. The molecule has 2 aromatic heterocycles. The molecule has 8 heteroatoms. The fourth-order valence-electron chi connectivity index (χ4n) is 2.99. The Morgan fingerprint density at radius 2 is 1.97 bits per heavy atom. The van der Waals surface area contributed by atoms with E-state index in [2.05, 4.69) is 33.7 Å². The number of aromatic nitrogens is 3. The third-order valence-corrected chi connectivity index (χ3v) is 5.72. The third-order valence-electron chi connectivity index (χ3n) is 4.46. The van der Waals surface area contributed by atoms with Gasteiger partial charge in [-0.25, -0.2) is 0 Å². The maximum absolute atomic E-state index is 12.5. The van der Waals surface area contributed by atoms with E-state index in [4.69, 9.17) is 16.0 Å². The summed E-state index contributed by atoms with van der Waals surface area (Å²) in [4.78, 5) is 12.5. The van der Waals surface area contributed by atoms with Crippen molar-refractivity contribution in [1.29, 1.82) is 0 Å². The van der Waals surface area contributed by atoms with Gasteiger partial charge in [0.05, 0.1) is 28.4 Å². The van der Waals surface area contributed by atoms with Gasteiger partial charge in [-0.3, -0.25) is 9.36 Å². The molecular formula is C22H19ClN4O2S. The molecule has 0 aliphatic rings. The van der Waals surface area contributed by atoms with E-state index < -0.39 is 0 Å². The van der Waals surface area contributed by atoms with Gasteiger partial charge in [-0.2, -0.15) is 0 Å². The quantitative estimate of drug-likeness (QED) is 0.401. The van der Waals surface area contributed by atoms with Gasteiger partial charge in [0.2, 0.25) is 11.7 Å². The van der Waals surface area contributed by atoms with Gasteiger partial charge in [0, 0.05) is 0 Å². The molecule has 1 amide bonds. The van der Waals surface area contributed by atoms with Crippen LogP contribution >= 0.6 is 23.4 Å². The number of para-hydroxylation sites is 1. The maximum atomic E-state index is 12.5. The summed E-state index contributed by atoms with van der Waals surface area (Å²) in [6, 6.07) is 17.0. The van der Waals surface area contributed by atoms with Crippen LogP contribution in [-0.4, -0.2) is 26.4 Å². The van der Waals surface area contributed by atoms with E-state index in [1.807, 2.05) is 36.6 Å². The number of nitrogens with zero attached hydrogens (tertiary/aromatic N) is 3. The minimum atomic E-state index is -0.178. The molecule has 2 aromatic carbocycles. The van der Waals surface area contributed by atoms with Crippen molar-refractivity contribution in [3.05, 3.63) is 77.0 Å². The minimum Gasteiger partial charge on any atom is -0.461 e. The van der Waals surface area contributed by atoms with Crippen molar-refractivity contribution >= 4 is 35.0 Å². The Morgan fingerprint density at radius 1 is 1.13 bits per heavy atom. The Balaban J connectivity index is 1.63. The van der Waals surface area contributed by atoms with Crippen LogP contribution in [0.1, 0.15) is 11.1 Å². The molecule has 30 heavy (non-hydrogen) atoms. The number of furan rings is 1. The fourth-order valence-corrected chi connectivity index (χ4v) is 3.91. The van der Waals surface area contributed by atoms with Crippen molar-refractivity contribution in [2.24, 2.45) is 0 Å². The molecule has 0 spiro atoms. The highest BCUT2D eigenvalue weighted by molar-refractivity contribution is 7.99. The van der Waals surface area contributed by atoms with Crippen LogP contribution in [0, 0.1) is 13.8 Å². The lowest BCUT2D eigenvalue weighted by Crippen LogP contribution is -2.15. The van der Waals surface area contributed by atoms with E-state index in [-0.39, 0.29) is 11.7 Å². The number of anilines is 1. The predicted molar refractivity (Wildman–Crippen MR) is 119 cm³/mol. The topological polar surface area (TPSA) is 73.0 Å². The molecule has 0 bridgehead atoms. The zero-order valence-corrected chi connectivity index (χ0v) is 18.0. The van der Waals surface area contributed by atoms with Crippen molar-refractivity contribution in [1.82, 2.24) is 14.8 Å². The maximum Gasteiger partial charge on any atom is 0.234 e. The molecule has 0 saturated carbocycles. The first-order valence-corrected chi connectivity index (χ1v) is 10.6. The SMILES string of the molecule is Cc1ccc(C)c(-n2c(SCC(=O)Nc3ccccc3Cl)nnc2-c2ccco2)c1. The number of carbonyl (C=O) groups excluding carboxylic acids is 1. The van der Waals surface area contributed by atoms with Crippen molar-refractivity contribution in [2.45, 2.75) is 19.0 Å². The van der Waals surface area contributed by atoms with Gasteiger partial charge in [-0.15, -0.1) is 10.2 Å². The monoisotopic (exact) mass is 438 g/mol. The molecule has 1 N–H and O–H groups in total. The molecule has 0 radical (unpaired) electrons. The zero-order chi connectivity index (χ0) is 21.1. The first kappa shape index (κ1) is 20.3. The van der Waals surface area contributed by atoms with Crippen LogP contribution in [0.5, 0.6) is 0 Å². The number of benzene rings is 2. The molecule has 152 valence electrons. The fraction of sp³-hybridized carbons (Fsp3) is 0.136. The summed E-state index contributed by atoms with van der Waals surface area (Å²) < 4.78 is 7.48. The van der Waals surface area contributed by atoms with E-state index >= 15 is 0 Å². The lowest BCUT2D eigenvalue weighted by atomic mass is 10.1. The second kappa shape index (κ2) is 8.77. The van der Waals surface area contributed by atoms with Gasteiger partial charge in [-0.1, -0.05) is 47.6 Å². The van der Waals surface area contributed by atoms with Crippen LogP contribution in [0.2, 0.25) is 5.02 Å². The normalized spacial score (nSPS) is 10.9. The predicted octanol–water partition coefficient (Wildman–Crippen LogP) is 5.53. The molecule has 0 aliphatic heterocycles. The van der Waals surface area contributed by atoms with Crippen LogP contribution in [-0.2, 0) is 4.79 Å². The smallest absolute Gasteiger partial charge is 0.234 e. The second-order valence-electron chi connectivity index (χ2n) is 6.73. The van der Waals surface area contributed by atoms with Crippen LogP contribution in [0.4, 0.5) is 5.69 Å². The van der Waals surface area contributed by atoms with E-state index in [9.17, 15) is 4.79 Å². The molecule has 0 fully saturated rings. The van der Waals surface area contributed by atoms with E-state index in [0.29, 0.717) is 27.5 Å². The van der Waals surface area contributed by atoms with E-state index in [1.54, 1.807) is 24.5 Å². The summed E-state index contributed by atoms with van der Waals surface area (Å²) >= 11 is 7.43. The first-order valence-electron chi connectivity index (χ1n) is 9.27. The zero-order valence-electron chi connectivity index (χ0n) is 16.4. The van der Waals surface area contributed by atoms with Crippen LogP contribution in [0.3, 0.4) is 0 Å². The summed E-state index contributed by atoms with van der Waals surface area (Å²) in [6.07, 6.45) is 1.60. The number of halogens is 1. The lowest BCUT2D eigenvalue weighted by Gasteiger charge is -2.13. The lowest BCUT2D eigenvalue weighted by molar-refractivity contribution is -0.113. The van der Waals surface area contributed by atoms with Gasteiger partial charge in [0.15, 0.2) is 10.9 Å². The van der Waals surface area contributed by atoms with Gasteiger partial charge in [-0.05, 0) is 55.3 Å². The Kier molecular flexibility index (Phi) is 5.92. The first-order chi connectivity index (χ1) is 14.5. The molecule has 4 aromatic rings. The van der Waals surface area contributed by atoms with Crippen LogP contribution < -0.4 is 5.32 Å². The number of thioether (sulfide) groups is 1. The van der Waals surface area contributed by atoms with Gasteiger partial charge in [0.1, 0.15) is 0 Å². The van der Waals surface area contributed by atoms with Crippen molar-refractivity contribution < 1.29 is 9.21 Å². The summed E-state index contributed by atoms with van der Waals surface area (Å²) in [6.45, 7) is 4.06. The van der Waals surface area contributed by atoms with Gasteiger partial charge >= 0.3 is 0 Å². The van der Waals surface area contributed by atoms with Crippen molar-refractivity contribution in [2.75, 3.05) is 11.1 Å². The summed E-state index contributed by atoms with van der Waals surface area (Å²) in [5, 5.41) is 12.6. The molecule has 0 atom stereocenters. The molecule has 4 rings (SSSR count). The number of hydrogen-bond donors (Lipinski definition) is 1. The Bertz CT molecular complexity index is 1190. The van der Waals surface area contributed by atoms with Crippen LogP contribution in [0.15, 0.2) is 70.4 Å². The van der Waals surface area contributed by atoms with Crippen LogP contribution in [0.25, 0.3) is 17.3 Å². The molecule has 0 saturated heterocycles. The van der Waals surface area contributed by atoms with E-state index in [1.165, 1.54) is 11.8 Å². The number of nitrogens with one attached hydrogen (secondary N) is 1.